The summed E-state index contributed by atoms with van der Waals surface area (Å²) in [4.78, 5) is 0. The molecule has 1 unspecified atom stereocenters. The molecular formula is C17H24. The van der Waals surface area contributed by atoms with Gasteiger partial charge in [0.25, 0.3) is 0 Å². The Bertz CT molecular complexity index is 412. The van der Waals surface area contributed by atoms with E-state index in [0.29, 0.717) is 0 Å². The van der Waals surface area contributed by atoms with Crippen molar-refractivity contribution in [3.63, 3.8) is 0 Å². The zero-order valence-electron chi connectivity index (χ0n) is 11.3. The van der Waals surface area contributed by atoms with E-state index in [4.69, 9.17) is 0 Å². The highest BCUT2D eigenvalue weighted by atomic mass is 14.4. The molecule has 1 fully saturated rings. The minimum atomic E-state index is 0.798. The molecule has 1 aromatic carbocycles. The highest BCUT2D eigenvalue weighted by molar-refractivity contribution is 5.47. The van der Waals surface area contributed by atoms with E-state index in [-0.39, 0.29) is 0 Å². The molecule has 17 heavy (non-hydrogen) atoms. The second-order valence-corrected chi connectivity index (χ2v) is 6.02. The molecule has 2 aliphatic carbocycles. The highest BCUT2D eigenvalue weighted by Gasteiger charge is 2.31. The second-order valence-electron chi connectivity index (χ2n) is 6.02. The van der Waals surface area contributed by atoms with Gasteiger partial charge in [-0.3, -0.25) is 0 Å². The van der Waals surface area contributed by atoms with Crippen LogP contribution in [-0.4, -0.2) is 0 Å². The Kier molecular flexibility index (Phi) is 2.98. The number of aryl methyl sites for hydroxylation is 1. The van der Waals surface area contributed by atoms with E-state index in [0.717, 1.165) is 11.8 Å². The van der Waals surface area contributed by atoms with Crippen LogP contribution in [0.15, 0.2) is 12.1 Å². The van der Waals surface area contributed by atoms with Crippen LogP contribution >= 0.6 is 0 Å². The molecular weight excluding hydrogens is 204 g/mol. The van der Waals surface area contributed by atoms with Gasteiger partial charge in [0.1, 0.15) is 0 Å². The van der Waals surface area contributed by atoms with E-state index in [2.05, 4.69) is 26.0 Å². The molecule has 0 spiro atoms. The summed E-state index contributed by atoms with van der Waals surface area (Å²) < 4.78 is 0. The van der Waals surface area contributed by atoms with Crippen LogP contribution in [0, 0.1) is 0 Å². The summed E-state index contributed by atoms with van der Waals surface area (Å²) in [6.45, 7) is 4.72. The minimum absolute atomic E-state index is 0.798. The van der Waals surface area contributed by atoms with Crippen LogP contribution in [0.25, 0.3) is 0 Å². The number of benzene rings is 1. The molecule has 0 bridgehead atoms. The van der Waals surface area contributed by atoms with Gasteiger partial charge in [-0.05, 0) is 72.6 Å². The molecule has 1 atom stereocenters. The van der Waals surface area contributed by atoms with Gasteiger partial charge < -0.3 is 0 Å². The van der Waals surface area contributed by atoms with Gasteiger partial charge in [0.2, 0.25) is 0 Å². The standard InChI is InChI=1S/C17H24/c1-3-5-13-10-11-15-12(2)6-4-7-16(15)17(13)14-8-9-14/h10-12,14H,3-9H2,1-2H3. The van der Waals surface area contributed by atoms with Crippen LogP contribution in [0.4, 0.5) is 0 Å². The number of fused-ring (bicyclic) bond motifs is 1. The summed E-state index contributed by atoms with van der Waals surface area (Å²) >= 11 is 0. The first-order chi connectivity index (χ1) is 8.31. The second kappa shape index (κ2) is 4.48. The first-order valence-electron chi connectivity index (χ1n) is 7.45. The lowest BCUT2D eigenvalue weighted by Crippen LogP contribution is -2.11. The molecule has 0 N–H and O–H groups in total. The lowest BCUT2D eigenvalue weighted by atomic mass is 9.78. The Morgan fingerprint density at radius 1 is 1.18 bits per heavy atom. The Morgan fingerprint density at radius 3 is 2.71 bits per heavy atom. The lowest BCUT2D eigenvalue weighted by molar-refractivity contribution is 0.585. The van der Waals surface area contributed by atoms with Crippen LogP contribution in [0.5, 0.6) is 0 Å². The van der Waals surface area contributed by atoms with Crippen molar-refractivity contribution < 1.29 is 0 Å². The normalized spacial score (nSPS) is 23.5. The third kappa shape index (κ3) is 2.03. The molecule has 1 aromatic rings. The van der Waals surface area contributed by atoms with Crippen molar-refractivity contribution in [1.82, 2.24) is 0 Å². The van der Waals surface area contributed by atoms with Gasteiger partial charge in [0, 0.05) is 0 Å². The van der Waals surface area contributed by atoms with Gasteiger partial charge in [-0.15, -0.1) is 0 Å². The van der Waals surface area contributed by atoms with Crippen molar-refractivity contribution in [1.29, 1.82) is 0 Å². The van der Waals surface area contributed by atoms with E-state index in [9.17, 15) is 0 Å². The fourth-order valence-corrected chi connectivity index (χ4v) is 3.58. The first-order valence-corrected chi connectivity index (χ1v) is 7.45. The Balaban J connectivity index is 2.08. The molecule has 0 saturated heterocycles. The molecule has 0 aliphatic heterocycles. The van der Waals surface area contributed by atoms with Crippen molar-refractivity contribution in [3.8, 4) is 0 Å². The molecule has 92 valence electrons. The quantitative estimate of drug-likeness (QED) is 0.686. The largest absolute Gasteiger partial charge is 0.0651 e. The molecule has 0 aromatic heterocycles. The summed E-state index contributed by atoms with van der Waals surface area (Å²) in [6, 6.07) is 4.88. The van der Waals surface area contributed by atoms with Crippen LogP contribution < -0.4 is 0 Å². The van der Waals surface area contributed by atoms with Crippen molar-refractivity contribution in [3.05, 3.63) is 34.4 Å². The summed E-state index contributed by atoms with van der Waals surface area (Å²) in [6.07, 6.45) is 9.61. The Labute approximate surface area is 105 Å². The number of hydrogen-bond donors (Lipinski definition) is 0. The maximum Gasteiger partial charge on any atom is -0.0156 e. The van der Waals surface area contributed by atoms with E-state index in [1.165, 1.54) is 44.9 Å². The van der Waals surface area contributed by atoms with Gasteiger partial charge in [-0.2, -0.15) is 0 Å². The summed E-state index contributed by atoms with van der Waals surface area (Å²) in [5.41, 5.74) is 6.90. The van der Waals surface area contributed by atoms with Crippen LogP contribution in [0.1, 0.15) is 80.0 Å². The highest BCUT2D eigenvalue weighted by Crippen LogP contribution is 2.47. The Morgan fingerprint density at radius 2 is 2.00 bits per heavy atom. The zero-order valence-corrected chi connectivity index (χ0v) is 11.3. The van der Waals surface area contributed by atoms with Crippen LogP contribution in [0.3, 0.4) is 0 Å². The predicted molar refractivity (Wildman–Crippen MR) is 73.8 cm³/mol. The van der Waals surface area contributed by atoms with Crippen molar-refractivity contribution in [2.24, 2.45) is 0 Å². The maximum absolute atomic E-state index is 2.44. The Hall–Kier alpha value is -0.780. The smallest absolute Gasteiger partial charge is 0.0156 e. The van der Waals surface area contributed by atoms with Crippen LogP contribution in [0.2, 0.25) is 0 Å². The third-order valence-corrected chi connectivity index (χ3v) is 4.58. The van der Waals surface area contributed by atoms with E-state index < -0.39 is 0 Å². The van der Waals surface area contributed by atoms with E-state index >= 15 is 0 Å². The molecule has 0 radical (unpaired) electrons. The van der Waals surface area contributed by atoms with Crippen LogP contribution in [-0.2, 0) is 12.8 Å². The molecule has 3 rings (SSSR count). The molecule has 0 nitrogen and oxygen atoms in total. The lowest BCUT2D eigenvalue weighted by Gasteiger charge is -2.26. The predicted octanol–water partition coefficient (Wildman–Crippen LogP) is 4.96. The number of hydrogen-bond acceptors (Lipinski definition) is 0. The summed E-state index contributed by atoms with van der Waals surface area (Å²) in [5, 5.41) is 0. The van der Waals surface area contributed by atoms with Crippen molar-refractivity contribution in [2.75, 3.05) is 0 Å². The summed E-state index contributed by atoms with van der Waals surface area (Å²) in [5.74, 6) is 1.73. The fourth-order valence-electron chi connectivity index (χ4n) is 3.58. The molecule has 2 aliphatic rings. The van der Waals surface area contributed by atoms with Crippen molar-refractivity contribution in [2.45, 2.75) is 70.6 Å². The average molecular weight is 228 g/mol. The van der Waals surface area contributed by atoms with Gasteiger partial charge >= 0.3 is 0 Å². The SMILES string of the molecule is CCCc1ccc2c(c1C1CC1)CCCC2C. The molecule has 1 saturated carbocycles. The van der Waals surface area contributed by atoms with Gasteiger partial charge in [-0.1, -0.05) is 32.4 Å². The summed E-state index contributed by atoms with van der Waals surface area (Å²) in [7, 11) is 0. The van der Waals surface area contributed by atoms with Gasteiger partial charge in [0.05, 0.1) is 0 Å². The molecule has 0 heterocycles. The third-order valence-electron chi connectivity index (χ3n) is 4.58. The maximum atomic E-state index is 2.44. The van der Waals surface area contributed by atoms with E-state index in [1.807, 2.05) is 0 Å². The minimum Gasteiger partial charge on any atom is -0.0651 e. The number of rotatable bonds is 3. The van der Waals surface area contributed by atoms with E-state index in [1.54, 1.807) is 22.3 Å². The average Bonchev–Trinajstić information content (AvgIpc) is 3.13. The van der Waals surface area contributed by atoms with Crippen molar-refractivity contribution >= 4 is 0 Å². The molecule has 0 heteroatoms. The molecule has 0 amide bonds. The first kappa shape index (κ1) is 11.3. The monoisotopic (exact) mass is 228 g/mol. The van der Waals surface area contributed by atoms with Gasteiger partial charge in [0.15, 0.2) is 0 Å². The zero-order chi connectivity index (χ0) is 11.8. The fraction of sp³-hybridized carbons (Fsp3) is 0.647. The van der Waals surface area contributed by atoms with Gasteiger partial charge in [-0.25, -0.2) is 0 Å². The topological polar surface area (TPSA) is 0 Å².